The van der Waals surface area contributed by atoms with Crippen LogP contribution in [0.1, 0.15) is 43.7 Å². The Labute approximate surface area is 108 Å². The first-order chi connectivity index (χ1) is 8.31. The van der Waals surface area contributed by atoms with Gasteiger partial charge in [-0.2, -0.15) is 0 Å². The normalized spacial score (nSPS) is 12.8. The quantitative estimate of drug-likeness (QED) is 0.727. The van der Waals surface area contributed by atoms with Gasteiger partial charge in [0.2, 0.25) is 0 Å². The minimum absolute atomic E-state index is 0.0474. The molecule has 2 aromatic rings. The highest BCUT2D eigenvalue weighted by atomic mass is 32.1. The van der Waals surface area contributed by atoms with Crippen LogP contribution in [0, 0.1) is 0 Å². The van der Waals surface area contributed by atoms with E-state index in [9.17, 15) is 0 Å². The monoisotopic (exact) mass is 245 g/mol. The predicted octanol–water partition coefficient (Wildman–Crippen LogP) is 4.45. The van der Waals surface area contributed by atoms with E-state index in [0.29, 0.717) is 0 Å². The van der Waals surface area contributed by atoms with Gasteiger partial charge < -0.3 is 0 Å². The van der Waals surface area contributed by atoms with Crippen LogP contribution in [0.3, 0.4) is 0 Å². The molecule has 0 saturated carbocycles. The van der Waals surface area contributed by atoms with Crippen molar-refractivity contribution in [3.63, 3.8) is 0 Å². The van der Waals surface area contributed by atoms with Gasteiger partial charge in [-0.05, 0) is 12.5 Å². The molecule has 1 unspecified atom stereocenters. The van der Waals surface area contributed by atoms with Crippen LogP contribution in [-0.2, 0) is 0 Å². The highest BCUT2D eigenvalue weighted by molar-refractivity contribution is 7.80. The van der Waals surface area contributed by atoms with Crippen molar-refractivity contribution in [2.24, 2.45) is 0 Å². The standard InChI is InChI=1S/C14H17N2S/c1-2-3-4-9-13(17)14-15-10-11-7-5-6-8-12(11)16-14/h5-8,10,13H,2-4,9H2,1H3. The molecule has 89 valence electrons. The van der Waals surface area contributed by atoms with Crippen molar-refractivity contribution in [3.8, 4) is 0 Å². The Hall–Kier alpha value is -1.09. The summed E-state index contributed by atoms with van der Waals surface area (Å²) in [4.78, 5) is 8.91. The molecule has 0 aliphatic heterocycles. The molecular weight excluding hydrogens is 228 g/mol. The van der Waals surface area contributed by atoms with E-state index in [0.717, 1.165) is 23.1 Å². The van der Waals surface area contributed by atoms with Crippen molar-refractivity contribution in [2.45, 2.75) is 37.9 Å². The van der Waals surface area contributed by atoms with Crippen LogP contribution in [0.25, 0.3) is 10.9 Å². The van der Waals surface area contributed by atoms with Gasteiger partial charge in [0.25, 0.3) is 0 Å². The molecule has 0 N–H and O–H groups in total. The summed E-state index contributed by atoms with van der Waals surface area (Å²) in [6, 6.07) is 8.02. The lowest BCUT2D eigenvalue weighted by atomic mass is 10.1. The van der Waals surface area contributed by atoms with Crippen molar-refractivity contribution in [1.29, 1.82) is 0 Å². The summed E-state index contributed by atoms with van der Waals surface area (Å²) < 4.78 is 0. The Bertz CT molecular complexity index is 484. The average Bonchev–Trinajstić information content (AvgIpc) is 2.38. The molecule has 1 radical (unpaired) electrons. The fourth-order valence-electron chi connectivity index (χ4n) is 1.85. The van der Waals surface area contributed by atoms with E-state index >= 15 is 0 Å². The number of hydrogen-bond donors (Lipinski definition) is 0. The van der Waals surface area contributed by atoms with Gasteiger partial charge in [0, 0.05) is 11.6 Å². The second kappa shape index (κ2) is 6.01. The van der Waals surface area contributed by atoms with Crippen LogP contribution in [0.2, 0.25) is 0 Å². The van der Waals surface area contributed by atoms with Crippen LogP contribution in [0.5, 0.6) is 0 Å². The topological polar surface area (TPSA) is 25.8 Å². The van der Waals surface area contributed by atoms with Gasteiger partial charge in [-0.1, -0.05) is 57.0 Å². The molecule has 1 aromatic heterocycles. The highest BCUT2D eigenvalue weighted by Gasteiger charge is 2.10. The van der Waals surface area contributed by atoms with Gasteiger partial charge in [0.05, 0.1) is 10.8 Å². The summed E-state index contributed by atoms with van der Waals surface area (Å²) in [5, 5.41) is 1.12. The third-order valence-electron chi connectivity index (χ3n) is 2.87. The lowest BCUT2D eigenvalue weighted by Gasteiger charge is -2.08. The maximum absolute atomic E-state index is 5.46. The Morgan fingerprint density at radius 1 is 1.24 bits per heavy atom. The summed E-state index contributed by atoms with van der Waals surface area (Å²) in [5.74, 6) is 0.801. The summed E-state index contributed by atoms with van der Waals surface area (Å²) in [6.07, 6.45) is 6.50. The Morgan fingerprint density at radius 3 is 2.88 bits per heavy atom. The Morgan fingerprint density at radius 2 is 2.06 bits per heavy atom. The van der Waals surface area contributed by atoms with Crippen molar-refractivity contribution >= 4 is 23.5 Å². The number of unbranched alkanes of at least 4 members (excludes halogenated alkanes) is 2. The van der Waals surface area contributed by atoms with Crippen molar-refractivity contribution in [2.75, 3.05) is 0 Å². The molecule has 0 fully saturated rings. The average molecular weight is 245 g/mol. The molecule has 2 nitrogen and oxygen atoms in total. The van der Waals surface area contributed by atoms with Crippen molar-refractivity contribution in [3.05, 3.63) is 36.3 Å². The largest absolute Gasteiger partial charge is 0.239 e. The molecule has 1 heterocycles. The molecule has 0 aliphatic rings. The molecule has 0 aliphatic carbocycles. The van der Waals surface area contributed by atoms with E-state index < -0.39 is 0 Å². The van der Waals surface area contributed by atoms with Crippen LogP contribution in [0.4, 0.5) is 0 Å². The maximum atomic E-state index is 5.46. The SMILES string of the molecule is CCCCCC([S])c1ncc2ccccc2n1. The van der Waals surface area contributed by atoms with Crippen LogP contribution in [0.15, 0.2) is 30.5 Å². The van der Waals surface area contributed by atoms with E-state index in [2.05, 4.69) is 16.9 Å². The molecule has 2 rings (SSSR count). The maximum Gasteiger partial charge on any atom is 0.142 e. The zero-order chi connectivity index (χ0) is 12.1. The van der Waals surface area contributed by atoms with Crippen LogP contribution < -0.4 is 0 Å². The van der Waals surface area contributed by atoms with E-state index in [1.54, 1.807) is 0 Å². The number of nitrogens with zero attached hydrogens (tertiary/aromatic N) is 2. The molecule has 0 bridgehead atoms. The number of para-hydroxylation sites is 1. The number of hydrogen-bond acceptors (Lipinski definition) is 2. The molecule has 1 aromatic carbocycles. The molecule has 1 atom stereocenters. The minimum atomic E-state index is 0.0474. The van der Waals surface area contributed by atoms with Gasteiger partial charge in [0.15, 0.2) is 0 Å². The minimum Gasteiger partial charge on any atom is -0.239 e. The van der Waals surface area contributed by atoms with E-state index in [1.807, 2.05) is 30.5 Å². The van der Waals surface area contributed by atoms with Gasteiger partial charge in [-0.25, -0.2) is 9.97 Å². The molecule has 17 heavy (non-hydrogen) atoms. The van der Waals surface area contributed by atoms with Gasteiger partial charge in [-0.3, -0.25) is 0 Å². The first kappa shape index (κ1) is 12.4. The van der Waals surface area contributed by atoms with Crippen molar-refractivity contribution < 1.29 is 0 Å². The lowest BCUT2D eigenvalue weighted by molar-refractivity contribution is 0.647. The van der Waals surface area contributed by atoms with Crippen LogP contribution in [-0.4, -0.2) is 9.97 Å². The summed E-state index contributed by atoms with van der Waals surface area (Å²) in [6.45, 7) is 2.20. The number of aromatic nitrogens is 2. The van der Waals surface area contributed by atoms with Crippen LogP contribution >= 0.6 is 12.6 Å². The number of rotatable bonds is 5. The Kier molecular flexibility index (Phi) is 4.37. The summed E-state index contributed by atoms with van der Waals surface area (Å²) in [7, 11) is 0. The lowest BCUT2D eigenvalue weighted by Crippen LogP contribution is -1.99. The molecule has 0 spiro atoms. The van der Waals surface area contributed by atoms with E-state index in [4.69, 9.17) is 12.6 Å². The number of fused-ring (bicyclic) bond motifs is 1. The first-order valence-corrected chi connectivity index (χ1v) is 6.66. The van der Waals surface area contributed by atoms with Gasteiger partial charge >= 0.3 is 0 Å². The zero-order valence-electron chi connectivity index (χ0n) is 10.1. The second-order valence-electron chi connectivity index (χ2n) is 4.27. The fraction of sp³-hybridized carbons (Fsp3) is 0.429. The zero-order valence-corrected chi connectivity index (χ0v) is 10.9. The molecular formula is C14H17N2S. The highest BCUT2D eigenvalue weighted by Crippen LogP contribution is 2.24. The third-order valence-corrected chi connectivity index (χ3v) is 3.31. The van der Waals surface area contributed by atoms with Gasteiger partial charge in [-0.15, -0.1) is 0 Å². The van der Waals surface area contributed by atoms with Gasteiger partial charge in [0.1, 0.15) is 5.82 Å². The predicted molar refractivity (Wildman–Crippen MR) is 74.0 cm³/mol. The molecule has 0 amide bonds. The third kappa shape index (κ3) is 3.19. The van der Waals surface area contributed by atoms with Crippen molar-refractivity contribution in [1.82, 2.24) is 9.97 Å². The smallest absolute Gasteiger partial charge is 0.142 e. The fourth-order valence-corrected chi connectivity index (χ4v) is 2.13. The summed E-state index contributed by atoms with van der Waals surface area (Å²) >= 11 is 5.46. The first-order valence-electron chi connectivity index (χ1n) is 6.18. The van der Waals surface area contributed by atoms with E-state index in [-0.39, 0.29) is 5.25 Å². The number of benzene rings is 1. The van der Waals surface area contributed by atoms with E-state index in [1.165, 1.54) is 19.3 Å². The molecule has 3 heteroatoms. The second-order valence-corrected chi connectivity index (χ2v) is 4.84. The summed E-state index contributed by atoms with van der Waals surface area (Å²) in [5.41, 5.74) is 0.989. The Balaban J connectivity index is 2.12. The molecule has 0 saturated heterocycles.